The fourth-order valence-corrected chi connectivity index (χ4v) is 2.19. The summed E-state index contributed by atoms with van der Waals surface area (Å²) in [5, 5.41) is 17.0. The minimum Gasteiger partial charge on any atom is -0.258 e. The lowest BCUT2D eigenvalue weighted by Crippen LogP contribution is -1.92. The Morgan fingerprint density at radius 1 is 1.58 bits per heavy atom. The molecule has 1 heterocycles. The van der Waals surface area contributed by atoms with Crippen molar-refractivity contribution in [1.82, 2.24) is 4.98 Å². The molecule has 2 rings (SSSR count). The lowest BCUT2D eigenvalue weighted by molar-refractivity contribution is -0.384. The van der Waals surface area contributed by atoms with Crippen LogP contribution in [0.25, 0.3) is 0 Å². The van der Waals surface area contributed by atoms with Gasteiger partial charge >= 0.3 is 0 Å². The number of aromatic nitrogens is 1. The number of non-ortho nitro benzene ring substituents is 1. The average molecular weight is 297 g/mol. The Bertz CT molecular complexity index is 614. The molecule has 2 aromatic rings. The van der Waals surface area contributed by atoms with Gasteiger partial charge in [0.25, 0.3) is 5.69 Å². The van der Waals surface area contributed by atoms with E-state index < -0.39 is 4.92 Å². The molecule has 0 fully saturated rings. The van der Waals surface area contributed by atoms with Gasteiger partial charge in [-0.25, -0.2) is 4.98 Å². The number of nitrogens with zero attached hydrogens (tertiary/aromatic N) is 3. The summed E-state index contributed by atoms with van der Waals surface area (Å²) in [6.07, 6.45) is 1.49. The van der Waals surface area contributed by atoms with Crippen LogP contribution in [0.3, 0.4) is 0 Å². The molecule has 0 aliphatic carbocycles. The van der Waals surface area contributed by atoms with E-state index in [0.29, 0.717) is 16.6 Å². The lowest BCUT2D eigenvalue weighted by atomic mass is 10.2. The van der Waals surface area contributed by atoms with Gasteiger partial charge in [-0.1, -0.05) is 12.1 Å². The Balaban J connectivity index is 2.02. The van der Waals surface area contributed by atoms with Crippen LogP contribution in [0.2, 0.25) is 0 Å². The number of alkyl halides is 1. The molecule has 0 radical (unpaired) electrons. The van der Waals surface area contributed by atoms with Crippen LogP contribution in [-0.4, -0.2) is 16.1 Å². The Morgan fingerprint density at radius 3 is 3.11 bits per heavy atom. The molecular weight excluding hydrogens is 288 g/mol. The van der Waals surface area contributed by atoms with Gasteiger partial charge in [-0.05, 0) is 0 Å². The van der Waals surface area contributed by atoms with Crippen molar-refractivity contribution in [3.63, 3.8) is 0 Å². The van der Waals surface area contributed by atoms with Gasteiger partial charge < -0.3 is 0 Å². The Morgan fingerprint density at radius 2 is 2.42 bits per heavy atom. The molecule has 98 valence electrons. The van der Waals surface area contributed by atoms with E-state index in [1.165, 1.54) is 29.7 Å². The van der Waals surface area contributed by atoms with Crippen molar-refractivity contribution in [2.45, 2.75) is 5.88 Å². The van der Waals surface area contributed by atoms with Crippen molar-refractivity contribution in [2.24, 2.45) is 5.10 Å². The number of hydrazone groups is 1. The second-order valence-electron chi connectivity index (χ2n) is 3.50. The van der Waals surface area contributed by atoms with E-state index in [9.17, 15) is 10.1 Å². The zero-order chi connectivity index (χ0) is 13.7. The number of nitro benzene ring substituents is 1. The van der Waals surface area contributed by atoms with Crippen LogP contribution in [0.1, 0.15) is 11.3 Å². The van der Waals surface area contributed by atoms with E-state index in [1.54, 1.807) is 12.1 Å². The molecule has 1 aromatic heterocycles. The van der Waals surface area contributed by atoms with Crippen LogP contribution >= 0.6 is 22.9 Å². The fraction of sp³-hybridized carbons (Fsp3) is 0.0909. The first-order valence-corrected chi connectivity index (χ1v) is 6.64. The van der Waals surface area contributed by atoms with Gasteiger partial charge in [0.05, 0.1) is 22.7 Å². The van der Waals surface area contributed by atoms with E-state index in [-0.39, 0.29) is 5.69 Å². The monoisotopic (exact) mass is 296 g/mol. The highest BCUT2D eigenvalue weighted by atomic mass is 35.5. The Labute approximate surface area is 117 Å². The van der Waals surface area contributed by atoms with Gasteiger partial charge in [-0.3, -0.25) is 15.5 Å². The smallest absolute Gasteiger partial charge is 0.258 e. The summed E-state index contributed by atoms with van der Waals surface area (Å²) in [7, 11) is 0. The number of rotatable bonds is 5. The third-order valence-electron chi connectivity index (χ3n) is 2.14. The fourth-order valence-electron chi connectivity index (χ4n) is 1.30. The minimum absolute atomic E-state index is 0.0302. The van der Waals surface area contributed by atoms with E-state index in [4.69, 9.17) is 11.6 Å². The molecule has 1 aromatic carbocycles. The summed E-state index contributed by atoms with van der Waals surface area (Å²) in [5.74, 6) is 0.354. The Kier molecular flexibility index (Phi) is 4.43. The average Bonchev–Trinajstić information content (AvgIpc) is 2.87. The molecule has 6 nitrogen and oxygen atoms in total. The molecule has 0 saturated carbocycles. The van der Waals surface area contributed by atoms with Crippen molar-refractivity contribution in [1.29, 1.82) is 0 Å². The molecule has 0 saturated heterocycles. The van der Waals surface area contributed by atoms with Gasteiger partial charge in [0.2, 0.25) is 5.13 Å². The highest BCUT2D eigenvalue weighted by molar-refractivity contribution is 7.13. The van der Waals surface area contributed by atoms with Crippen LogP contribution < -0.4 is 5.43 Å². The number of anilines is 1. The molecule has 19 heavy (non-hydrogen) atoms. The highest BCUT2D eigenvalue weighted by Crippen LogP contribution is 2.16. The molecule has 0 spiro atoms. The van der Waals surface area contributed by atoms with E-state index in [1.807, 2.05) is 5.38 Å². The summed E-state index contributed by atoms with van der Waals surface area (Å²) in [5.41, 5.74) is 4.19. The minimum atomic E-state index is -0.446. The number of halogens is 1. The number of nitro groups is 1. The Hall–Kier alpha value is -1.99. The van der Waals surface area contributed by atoms with Crippen molar-refractivity contribution < 1.29 is 4.92 Å². The molecule has 0 atom stereocenters. The lowest BCUT2D eigenvalue weighted by Gasteiger charge is -1.95. The van der Waals surface area contributed by atoms with Crippen molar-refractivity contribution in [3.8, 4) is 0 Å². The number of benzene rings is 1. The quantitative estimate of drug-likeness (QED) is 0.397. The third-order valence-corrected chi connectivity index (χ3v) is 3.21. The molecule has 1 N–H and O–H groups in total. The highest BCUT2D eigenvalue weighted by Gasteiger charge is 2.04. The maximum atomic E-state index is 10.6. The van der Waals surface area contributed by atoms with Crippen LogP contribution in [-0.2, 0) is 5.88 Å². The van der Waals surface area contributed by atoms with Crippen molar-refractivity contribution >= 4 is 40.0 Å². The first-order chi connectivity index (χ1) is 9.19. The number of hydrogen-bond donors (Lipinski definition) is 1. The molecule has 0 unspecified atom stereocenters. The van der Waals surface area contributed by atoms with Gasteiger partial charge in [-0.15, -0.1) is 22.9 Å². The van der Waals surface area contributed by atoms with E-state index in [2.05, 4.69) is 15.5 Å². The number of thiazole rings is 1. The van der Waals surface area contributed by atoms with Crippen molar-refractivity contribution in [2.75, 3.05) is 5.43 Å². The van der Waals surface area contributed by atoms with Crippen LogP contribution in [0.15, 0.2) is 34.7 Å². The molecule has 0 bridgehead atoms. The predicted octanol–water partition coefficient (Wildman–Crippen LogP) is 3.24. The molecule has 0 aliphatic rings. The summed E-state index contributed by atoms with van der Waals surface area (Å²) in [6, 6.07) is 6.20. The molecule has 0 amide bonds. The maximum Gasteiger partial charge on any atom is 0.270 e. The molecule has 8 heteroatoms. The van der Waals surface area contributed by atoms with Crippen LogP contribution in [0.4, 0.5) is 10.8 Å². The van der Waals surface area contributed by atoms with Gasteiger partial charge in [0.1, 0.15) is 0 Å². The van der Waals surface area contributed by atoms with E-state index >= 15 is 0 Å². The standard InChI is InChI=1S/C11H9ClN4O2S/c12-5-9-7-19-11(14-9)15-13-6-8-2-1-3-10(4-8)16(17)18/h1-4,6-7H,5H2,(H,14,15)/b13-6+. The zero-order valence-corrected chi connectivity index (χ0v) is 11.2. The van der Waals surface area contributed by atoms with Crippen molar-refractivity contribution in [3.05, 3.63) is 51.0 Å². The zero-order valence-electron chi connectivity index (χ0n) is 9.62. The summed E-state index contributed by atoms with van der Waals surface area (Å²) in [4.78, 5) is 14.3. The largest absolute Gasteiger partial charge is 0.270 e. The second-order valence-corrected chi connectivity index (χ2v) is 4.63. The second kappa shape index (κ2) is 6.26. The number of nitrogens with one attached hydrogen (secondary N) is 1. The van der Waals surface area contributed by atoms with Gasteiger partial charge in [-0.2, -0.15) is 5.10 Å². The van der Waals surface area contributed by atoms with E-state index in [0.717, 1.165) is 5.69 Å². The first kappa shape index (κ1) is 13.4. The first-order valence-electron chi connectivity index (χ1n) is 5.23. The van der Waals surface area contributed by atoms with Gasteiger partial charge in [0.15, 0.2) is 0 Å². The third kappa shape index (κ3) is 3.73. The molecular formula is C11H9ClN4O2S. The van der Waals surface area contributed by atoms with Crippen LogP contribution in [0.5, 0.6) is 0 Å². The van der Waals surface area contributed by atoms with Gasteiger partial charge in [0, 0.05) is 23.1 Å². The summed E-state index contributed by atoms with van der Waals surface area (Å²) < 4.78 is 0. The normalized spacial score (nSPS) is 10.8. The van der Waals surface area contributed by atoms with Crippen LogP contribution in [0, 0.1) is 10.1 Å². The summed E-state index contributed by atoms with van der Waals surface area (Å²) in [6.45, 7) is 0. The molecule has 0 aliphatic heterocycles. The maximum absolute atomic E-state index is 10.6. The topological polar surface area (TPSA) is 80.4 Å². The summed E-state index contributed by atoms with van der Waals surface area (Å²) >= 11 is 7.02. The number of hydrogen-bond acceptors (Lipinski definition) is 6. The SMILES string of the molecule is O=[N+]([O-])c1cccc(/C=N/Nc2nc(CCl)cs2)c1. The predicted molar refractivity (Wildman–Crippen MR) is 76.0 cm³/mol.